The fourth-order valence-corrected chi connectivity index (χ4v) is 6.01. The van der Waals surface area contributed by atoms with Crippen LogP contribution in [0.3, 0.4) is 0 Å². The van der Waals surface area contributed by atoms with Crippen LogP contribution >= 0.6 is 0 Å². The summed E-state index contributed by atoms with van der Waals surface area (Å²) >= 11 is 0. The van der Waals surface area contributed by atoms with Gasteiger partial charge in [0, 0.05) is 17.9 Å². The largest absolute Gasteiger partial charge is 0.484 e. The summed E-state index contributed by atoms with van der Waals surface area (Å²) in [6.07, 6.45) is 1.79. The lowest BCUT2D eigenvalue weighted by Gasteiger charge is -2.36. The molecule has 7 nitrogen and oxygen atoms in total. The Hall–Kier alpha value is -2.00. The van der Waals surface area contributed by atoms with Crippen molar-refractivity contribution in [3.63, 3.8) is 0 Å². The standard InChI is InChI=1S/C18H23FN2O5S/c1-17(2)12-6-7-18(17,15(22)8-12)11-27(24,25)21-20-16(23)10-26-14-5-3-4-13(19)9-14/h3-5,9,12,21H,6-8,10-11H2,1-2H3,(H,20,23)/t12-,18+/m1/s1. The van der Waals surface area contributed by atoms with Crippen molar-refractivity contribution in [2.45, 2.75) is 33.1 Å². The zero-order valence-corrected chi connectivity index (χ0v) is 16.1. The van der Waals surface area contributed by atoms with Crippen molar-refractivity contribution in [1.82, 2.24) is 10.3 Å². The number of carbonyl (C=O) groups excluding carboxylic acids is 2. The van der Waals surface area contributed by atoms with E-state index in [0.29, 0.717) is 12.8 Å². The van der Waals surface area contributed by atoms with Crippen LogP contribution in [0.2, 0.25) is 0 Å². The molecule has 27 heavy (non-hydrogen) atoms. The number of fused-ring (bicyclic) bond motifs is 2. The number of sulfonamides is 1. The quantitative estimate of drug-likeness (QED) is 0.679. The second-order valence-corrected chi connectivity index (χ2v) is 9.54. The maximum absolute atomic E-state index is 13.1. The molecule has 2 atom stereocenters. The number of ether oxygens (including phenoxy) is 1. The molecular formula is C18H23FN2O5S. The van der Waals surface area contributed by atoms with Crippen molar-refractivity contribution in [3.05, 3.63) is 30.1 Å². The summed E-state index contributed by atoms with van der Waals surface area (Å²) in [4.78, 5) is 26.3. The van der Waals surface area contributed by atoms with Gasteiger partial charge in [-0.3, -0.25) is 15.0 Å². The van der Waals surface area contributed by atoms with Crippen molar-refractivity contribution in [2.75, 3.05) is 12.4 Å². The summed E-state index contributed by atoms with van der Waals surface area (Å²) in [6, 6.07) is 5.25. The molecule has 0 spiro atoms. The summed E-state index contributed by atoms with van der Waals surface area (Å²) in [5.41, 5.74) is 0.776. The van der Waals surface area contributed by atoms with Gasteiger partial charge in [-0.25, -0.2) is 12.8 Å². The Balaban J connectivity index is 1.56. The molecule has 2 aliphatic rings. The highest BCUT2D eigenvalue weighted by Crippen LogP contribution is 2.64. The fraction of sp³-hybridized carbons (Fsp3) is 0.556. The normalized spacial score (nSPS) is 26.2. The van der Waals surface area contributed by atoms with Crippen molar-refractivity contribution < 1.29 is 27.1 Å². The van der Waals surface area contributed by atoms with Gasteiger partial charge in [-0.2, -0.15) is 0 Å². The van der Waals surface area contributed by atoms with Crippen LogP contribution in [0.5, 0.6) is 5.75 Å². The summed E-state index contributed by atoms with van der Waals surface area (Å²) in [5, 5.41) is 0. The molecule has 2 fully saturated rings. The number of hydrogen-bond donors (Lipinski definition) is 2. The van der Waals surface area contributed by atoms with E-state index < -0.39 is 33.8 Å². The lowest BCUT2D eigenvalue weighted by molar-refractivity contribution is -0.128. The van der Waals surface area contributed by atoms with Crippen molar-refractivity contribution >= 4 is 21.7 Å². The monoisotopic (exact) mass is 398 g/mol. The average Bonchev–Trinajstić information content (AvgIpc) is 2.92. The third kappa shape index (κ3) is 3.70. The molecule has 9 heteroatoms. The van der Waals surface area contributed by atoms with Gasteiger partial charge in [0.15, 0.2) is 6.61 Å². The molecular weight excluding hydrogens is 375 g/mol. The molecule has 2 bridgehead atoms. The Bertz CT molecular complexity index is 870. The van der Waals surface area contributed by atoms with Gasteiger partial charge in [-0.05, 0) is 36.3 Å². The van der Waals surface area contributed by atoms with E-state index in [-0.39, 0.29) is 28.6 Å². The SMILES string of the molecule is CC1(C)[C@@H]2CC[C@]1(CS(=O)(=O)NNC(=O)COc1cccc(F)c1)C(=O)C2. The Kier molecular flexibility index (Phi) is 5.02. The summed E-state index contributed by atoms with van der Waals surface area (Å²) in [7, 11) is -3.92. The van der Waals surface area contributed by atoms with E-state index in [2.05, 4.69) is 5.43 Å². The lowest BCUT2D eigenvalue weighted by atomic mass is 9.70. The molecule has 148 valence electrons. The minimum Gasteiger partial charge on any atom is -0.484 e. The molecule has 1 aromatic carbocycles. The molecule has 0 saturated heterocycles. The van der Waals surface area contributed by atoms with Gasteiger partial charge in [0.05, 0.1) is 5.75 Å². The highest BCUT2D eigenvalue weighted by Gasteiger charge is 2.65. The molecule has 0 aromatic heterocycles. The summed E-state index contributed by atoms with van der Waals surface area (Å²) in [5.74, 6) is -1.26. The number of carbonyl (C=O) groups is 2. The van der Waals surface area contributed by atoms with Gasteiger partial charge in [-0.1, -0.05) is 19.9 Å². The number of ketones is 1. The van der Waals surface area contributed by atoms with E-state index in [4.69, 9.17) is 4.74 Å². The molecule has 0 unspecified atom stereocenters. The number of amides is 1. The van der Waals surface area contributed by atoms with Crippen LogP contribution in [0, 0.1) is 22.6 Å². The van der Waals surface area contributed by atoms with E-state index >= 15 is 0 Å². The van der Waals surface area contributed by atoms with Crippen molar-refractivity contribution in [1.29, 1.82) is 0 Å². The first-order valence-electron chi connectivity index (χ1n) is 8.76. The van der Waals surface area contributed by atoms with Gasteiger partial charge in [-0.15, -0.1) is 4.83 Å². The number of hydrazine groups is 1. The zero-order valence-electron chi connectivity index (χ0n) is 15.2. The molecule has 0 radical (unpaired) electrons. The van der Waals surface area contributed by atoms with Crippen molar-refractivity contribution in [3.8, 4) is 5.75 Å². The van der Waals surface area contributed by atoms with E-state index in [1.807, 2.05) is 18.7 Å². The lowest BCUT2D eigenvalue weighted by Crippen LogP contribution is -2.50. The second kappa shape index (κ2) is 6.87. The first-order chi connectivity index (χ1) is 12.6. The molecule has 2 saturated carbocycles. The first-order valence-corrected chi connectivity index (χ1v) is 10.4. The Morgan fingerprint density at radius 2 is 2.11 bits per heavy atom. The molecule has 0 heterocycles. The van der Waals surface area contributed by atoms with E-state index in [9.17, 15) is 22.4 Å². The highest BCUT2D eigenvalue weighted by molar-refractivity contribution is 7.89. The molecule has 0 aliphatic heterocycles. The second-order valence-electron chi connectivity index (χ2n) is 7.82. The smallest absolute Gasteiger partial charge is 0.272 e. The van der Waals surface area contributed by atoms with Crippen LogP contribution in [0.1, 0.15) is 33.1 Å². The number of halogens is 1. The predicted octanol–water partition coefficient (Wildman–Crippen LogP) is 1.55. The van der Waals surface area contributed by atoms with E-state index in [1.165, 1.54) is 18.2 Å². The number of rotatable bonds is 7. The molecule has 1 amide bonds. The molecule has 2 aliphatic carbocycles. The Morgan fingerprint density at radius 1 is 1.37 bits per heavy atom. The Labute approximate surface area is 157 Å². The number of hydrogen-bond acceptors (Lipinski definition) is 5. The summed E-state index contributed by atoms with van der Waals surface area (Å²) < 4.78 is 43.1. The van der Waals surface area contributed by atoms with E-state index in [0.717, 1.165) is 12.5 Å². The number of Topliss-reactive ketones (excluding diaryl/α,β-unsaturated/α-hetero) is 1. The van der Waals surface area contributed by atoms with Crippen LogP contribution in [0.15, 0.2) is 24.3 Å². The van der Waals surface area contributed by atoms with Gasteiger partial charge in [0.2, 0.25) is 10.0 Å². The predicted molar refractivity (Wildman–Crippen MR) is 95.5 cm³/mol. The van der Waals surface area contributed by atoms with Crippen LogP contribution in [-0.4, -0.2) is 32.5 Å². The minimum atomic E-state index is -3.92. The Morgan fingerprint density at radius 3 is 2.70 bits per heavy atom. The maximum atomic E-state index is 13.1. The first kappa shape index (κ1) is 19.8. The maximum Gasteiger partial charge on any atom is 0.272 e. The highest BCUT2D eigenvalue weighted by atomic mass is 32.2. The van der Waals surface area contributed by atoms with Gasteiger partial charge >= 0.3 is 0 Å². The molecule has 1 aromatic rings. The van der Waals surface area contributed by atoms with Crippen LogP contribution in [0.25, 0.3) is 0 Å². The molecule has 3 rings (SSSR count). The third-order valence-corrected chi connectivity index (χ3v) is 7.37. The van der Waals surface area contributed by atoms with E-state index in [1.54, 1.807) is 0 Å². The van der Waals surface area contributed by atoms with Crippen LogP contribution in [0.4, 0.5) is 4.39 Å². The summed E-state index contributed by atoms with van der Waals surface area (Å²) in [6.45, 7) is 3.40. The van der Waals surface area contributed by atoms with Gasteiger partial charge in [0.1, 0.15) is 17.3 Å². The van der Waals surface area contributed by atoms with Gasteiger partial charge < -0.3 is 4.74 Å². The van der Waals surface area contributed by atoms with Crippen LogP contribution < -0.4 is 15.0 Å². The topological polar surface area (TPSA) is 102 Å². The zero-order chi connectivity index (χ0) is 19.9. The van der Waals surface area contributed by atoms with Gasteiger partial charge in [0.25, 0.3) is 5.91 Å². The fourth-order valence-electron chi connectivity index (χ4n) is 4.35. The van der Waals surface area contributed by atoms with Crippen LogP contribution in [-0.2, 0) is 19.6 Å². The minimum absolute atomic E-state index is 0.0186. The average molecular weight is 398 g/mol. The van der Waals surface area contributed by atoms with Crippen molar-refractivity contribution in [2.24, 2.45) is 16.7 Å². The number of nitrogens with one attached hydrogen (secondary N) is 2. The third-order valence-electron chi connectivity index (χ3n) is 6.09. The number of benzene rings is 1. The molecule has 2 N–H and O–H groups in total.